The van der Waals surface area contributed by atoms with Gasteiger partial charge in [0.25, 0.3) is 0 Å². The maximum absolute atomic E-state index is 13.8. The molecule has 2 heterocycles. The molecule has 0 unspecified atom stereocenters. The number of H-pyrrole nitrogens is 1. The van der Waals surface area contributed by atoms with Crippen molar-refractivity contribution in [1.82, 2.24) is 19.5 Å². The van der Waals surface area contributed by atoms with Crippen molar-refractivity contribution in [2.45, 2.75) is 33.7 Å². The van der Waals surface area contributed by atoms with Gasteiger partial charge in [0.05, 0.1) is 12.4 Å². The third-order valence-electron chi connectivity index (χ3n) is 5.25. The lowest BCUT2D eigenvalue weighted by Crippen LogP contribution is -2.26. The Morgan fingerprint density at radius 2 is 1.42 bits per heavy atom. The number of hydrogen-bond donors (Lipinski definition) is 3. The summed E-state index contributed by atoms with van der Waals surface area (Å²) in [5.74, 6) is -2.51. The van der Waals surface area contributed by atoms with Crippen LogP contribution in [-0.4, -0.2) is 38.8 Å². The van der Waals surface area contributed by atoms with Crippen LogP contribution in [0.15, 0.2) is 70.5 Å². The van der Waals surface area contributed by atoms with Crippen LogP contribution in [0.2, 0.25) is 0 Å². The zero-order valence-corrected chi connectivity index (χ0v) is 24.1. The summed E-state index contributed by atoms with van der Waals surface area (Å²) in [6, 6.07) is 12.5. The summed E-state index contributed by atoms with van der Waals surface area (Å²) in [7, 11) is 0. The Labute approximate surface area is 249 Å². The van der Waals surface area contributed by atoms with Crippen molar-refractivity contribution in [3.8, 4) is 0 Å². The number of rotatable bonds is 11. The molecule has 0 amide bonds. The first-order valence-electron chi connectivity index (χ1n) is 12.9. The van der Waals surface area contributed by atoms with Crippen molar-refractivity contribution >= 4 is 23.2 Å². The van der Waals surface area contributed by atoms with Gasteiger partial charge >= 0.3 is 11.4 Å². The fourth-order valence-corrected chi connectivity index (χ4v) is 3.26. The standard InChI is InChI=1S/C14H15F2N3O2.C11H9F2N3O.C3H7ClO/c1-2-21-9-19-8-12(16)13(18-14(19)20)17-7-10-5-3-4-6-11(10)15;12-8-4-2-1-3-7(8)5-14-10-9(13)6-15-11(17)16-10;1-2-5-3-4/h3-6,8H,2,7,9H2,1H3,(H,17,18,20);1-4,6H,5H2,(H2,14,15,16,17);2-3H2,1H3. The Balaban J connectivity index is 0.000000264. The van der Waals surface area contributed by atoms with Crippen LogP contribution < -0.4 is 22.0 Å². The van der Waals surface area contributed by atoms with Crippen LogP contribution in [0.3, 0.4) is 0 Å². The highest BCUT2D eigenvalue weighted by Crippen LogP contribution is 2.12. The second kappa shape index (κ2) is 19.0. The second-order valence-electron chi connectivity index (χ2n) is 8.21. The summed E-state index contributed by atoms with van der Waals surface area (Å²) in [4.78, 5) is 31.5. The van der Waals surface area contributed by atoms with Crippen LogP contribution in [0, 0.1) is 23.3 Å². The molecular formula is C28H31ClF4N6O4. The molecule has 10 nitrogen and oxygen atoms in total. The molecule has 0 aliphatic carbocycles. The van der Waals surface area contributed by atoms with Gasteiger partial charge < -0.3 is 20.1 Å². The predicted molar refractivity (Wildman–Crippen MR) is 155 cm³/mol. The first kappa shape index (κ1) is 34.9. The molecule has 0 aliphatic heterocycles. The van der Waals surface area contributed by atoms with Gasteiger partial charge in [0.1, 0.15) is 30.2 Å². The summed E-state index contributed by atoms with van der Waals surface area (Å²) < 4.78 is 64.4. The van der Waals surface area contributed by atoms with E-state index in [9.17, 15) is 27.2 Å². The molecule has 0 bridgehead atoms. The molecule has 0 aliphatic rings. The van der Waals surface area contributed by atoms with E-state index in [2.05, 4.69) is 30.3 Å². The SMILES string of the molecule is CCOCCl.CCOCn1cc(F)c(NCc2ccccc2F)nc1=O.O=c1ncc(F)c(NCc2ccccc2F)[nH]1. The smallest absolute Gasteiger partial charge is 0.351 e. The lowest BCUT2D eigenvalue weighted by atomic mass is 10.2. The molecule has 0 atom stereocenters. The molecule has 4 aromatic rings. The van der Waals surface area contributed by atoms with Gasteiger partial charge in [0.15, 0.2) is 17.5 Å². The number of alkyl halides is 1. The molecule has 2 aromatic carbocycles. The lowest BCUT2D eigenvalue weighted by Gasteiger charge is -2.10. The van der Waals surface area contributed by atoms with Gasteiger partial charge in [0.2, 0.25) is 0 Å². The average molecular weight is 627 g/mol. The van der Waals surface area contributed by atoms with Crippen LogP contribution in [0.1, 0.15) is 25.0 Å². The van der Waals surface area contributed by atoms with E-state index in [0.717, 1.165) is 17.0 Å². The number of ether oxygens (including phenoxy) is 2. The zero-order chi connectivity index (χ0) is 31.6. The number of nitrogens with one attached hydrogen (secondary N) is 3. The van der Waals surface area contributed by atoms with Crippen molar-refractivity contribution in [2.24, 2.45) is 0 Å². The van der Waals surface area contributed by atoms with Crippen LogP contribution in [0.25, 0.3) is 0 Å². The largest absolute Gasteiger partial charge is 0.366 e. The number of aromatic amines is 1. The molecule has 4 rings (SSSR count). The van der Waals surface area contributed by atoms with Gasteiger partial charge in [-0.2, -0.15) is 9.97 Å². The molecule has 43 heavy (non-hydrogen) atoms. The predicted octanol–water partition coefficient (Wildman–Crippen LogP) is 5.01. The van der Waals surface area contributed by atoms with E-state index in [4.69, 9.17) is 16.3 Å². The van der Waals surface area contributed by atoms with Crippen LogP contribution in [0.5, 0.6) is 0 Å². The summed E-state index contributed by atoms with van der Waals surface area (Å²) >= 11 is 5.08. The summed E-state index contributed by atoms with van der Waals surface area (Å²) in [6.45, 7) is 4.83. The van der Waals surface area contributed by atoms with E-state index < -0.39 is 34.6 Å². The third-order valence-corrected chi connectivity index (χ3v) is 5.40. The molecule has 0 fully saturated rings. The van der Waals surface area contributed by atoms with E-state index in [-0.39, 0.29) is 31.5 Å². The Hall–Kier alpha value is -4.27. The monoisotopic (exact) mass is 626 g/mol. The highest BCUT2D eigenvalue weighted by atomic mass is 35.5. The van der Waals surface area contributed by atoms with Gasteiger partial charge in [-0.1, -0.05) is 48.0 Å². The maximum Gasteiger partial charge on any atom is 0.351 e. The highest BCUT2D eigenvalue weighted by molar-refractivity contribution is 6.17. The Morgan fingerprint density at radius 3 is 1.95 bits per heavy atom. The van der Waals surface area contributed by atoms with Crippen molar-refractivity contribution < 1.29 is 27.0 Å². The van der Waals surface area contributed by atoms with Gasteiger partial charge in [-0.25, -0.2) is 27.2 Å². The maximum atomic E-state index is 13.8. The Kier molecular flexibility index (Phi) is 15.5. The first-order valence-corrected chi connectivity index (χ1v) is 13.4. The molecule has 3 N–H and O–H groups in total. The van der Waals surface area contributed by atoms with Gasteiger partial charge in [0, 0.05) is 37.4 Å². The van der Waals surface area contributed by atoms with E-state index in [1.165, 1.54) is 12.1 Å². The van der Waals surface area contributed by atoms with E-state index >= 15 is 0 Å². The summed E-state index contributed by atoms with van der Waals surface area (Å²) in [5, 5.41) is 5.21. The zero-order valence-electron chi connectivity index (χ0n) is 23.4. The molecule has 2 aromatic heterocycles. The van der Waals surface area contributed by atoms with Crippen molar-refractivity contribution in [2.75, 3.05) is 29.9 Å². The van der Waals surface area contributed by atoms with Crippen LogP contribution in [0.4, 0.5) is 29.2 Å². The van der Waals surface area contributed by atoms with Crippen LogP contribution in [-0.2, 0) is 29.3 Å². The topological polar surface area (TPSA) is 123 Å². The first-order chi connectivity index (χ1) is 20.7. The van der Waals surface area contributed by atoms with Crippen molar-refractivity contribution in [1.29, 1.82) is 0 Å². The van der Waals surface area contributed by atoms with Crippen molar-refractivity contribution in [3.05, 3.63) is 116 Å². The normalized spacial score (nSPS) is 10.2. The van der Waals surface area contributed by atoms with Crippen LogP contribution >= 0.6 is 11.6 Å². The molecular weight excluding hydrogens is 596 g/mol. The molecule has 0 spiro atoms. The number of halogens is 5. The molecule has 0 saturated carbocycles. The van der Waals surface area contributed by atoms with Crippen molar-refractivity contribution in [3.63, 3.8) is 0 Å². The summed E-state index contributed by atoms with van der Waals surface area (Å²) in [6.07, 6.45) is 1.82. The fourth-order valence-electron chi connectivity index (χ4n) is 3.10. The van der Waals surface area contributed by atoms with Gasteiger partial charge in [-0.05, 0) is 26.0 Å². The minimum absolute atomic E-state index is 0.0332. The van der Waals surface area contributed by atoms with Gasteiger partial charge in [-0.15, -0.1) is 0 Å². The number of benzene rings is 2. The second-order valence-corrected chi connectivity index (χ2v) is 8.43. The number of hydrogen-bond acceptors (Lipinski definition) is 8. The van der Waals surface area contributed by atoms with E-state index in [1.807, 2.05) is 6.92 Å². The molecule has 0 saturated heterocycles. The minimum Gasteiger partial charge on any atom is -0.366 e. The minimum atomic E-state index is -0.703. The summed E-state index contributed by atoms with van der Waals surface area (Å²) in [5.41, 5.74) is -0.565. The molecule has 232 valence electrons. The van der Waals surface area contributed by atoms with E-state index in [0.29, 0.717) is 30.4 Å². The third kappa shape index (κ3) is 12.2. The Bertz CT molecular complexity index is 1540. The Morgan fingerprint density at radius 1 is 0.837 bits per heavy atom. The lowest BCUT2D eigenvalue weighted by molar-refractivity contribution is 0.0836. The fraction of sp³-hybridized carbons (Fsp3) is 0.286. The number of anilines is 2. The quantitative estimate of drug-likeness (QED) is 0.157. The van der Waals surface area contributed by atoms with Gasteiger partial charge in [-0.3, -0.25) is 9.55 Å². The number of aromatic nitrogens is 4. The number of nitrogens with zero attached hydrogens (tertiary/aromatic N) is 3. The molecule has 0 radical (unpaired) electrons. The average Bonchev–Trinajstić information content (AvgIpc) is 2.99. The van der Waals surface area contributed by atoms with E-state index in [1.54, 1.807) is 43.3 Å². The molecule has 15 heteroatoms. The highest BCUT2D eigenvalue weighted by Gasteiger charge is 2.10.